The van der Waals surface area contributed by atoms with Gasteiger partial charge in [0, 0.05) is 28.3 Å². The minimum Gasteiger partial charge on any atom is -0.338 e. The van der Waals surface area contributed by atoms with Crippen LogP contribution < -0.4 is 5.73 Å². The molecule has 18 heavy (non-hydrogen) atoms. The van der Waals surface area contributed by atoms with Crippen LogP contribution in [0.4, 0.5) is 0 Å². The van der Waals surface area contributed by atoms with Crippen molar-refractivity contribution in [2.24, 2.45) is 11.7 Å². The van der Waals surface area contributed by atoms with Gasteiger partial charge in [-0.15, -0.1) is 12.4 Å². The molecular weight excluding hydrogens is 363 g/mol. The third-order valence-electron chi connectivity index (χ3n) is 3.35. The van der Waals surface area contributed by atoms with Gasteiger partial charge >= 0.3 is 0 Å². The van der Waals surface area contributed by atoms with Gasteiger partial charge in [0.2, 0.25) is 0 Å². The molecule has 5 heteroatoms. The van der Waals surface area contributed by atoms with Crippen molar-refractivity contribution < 1.29 is 4.79 Å². The molecule has 1 aromatic carbocycles. The summed E-state index contributed by atoms with van der Waals surface area (Å²) in [6.07, 6.45) is 0.900. The lowest BCUT2D eigenvalue weighted by molar-refractivity contribution is 0.0664. The van der Waals surface area contributed by atoms with Gasteiger partial charge < -0.3 is 10.6 Å². The lowest BCUT2D eigenvalue weighted by Crippen LogP contribution is -2.48. The van der Waals surface area contributed by atoms with Crippen molar-refractivity contribution in [1.29, 1.82) is 0 Å². The van der Waals surface area contributed by atoms with E-state index in [1.807, 2.05) is 29.2 Å². The van der Waals surface area contributed by atoms with Crippen LogP contribution in [-0.4, -0.2) is 29.9 Å². The number of hydrogen-bond donors (Lipinski definition) is 1. The summed E-state index contributed by atoms with van der Waals surface area (Å²) in [4.78, 5) is 14.2. The Hall–Kier alpha value is -0.330. The van der Waals surface area contributed by atoms with Crippen molar-refractivity contribution in [3.8, 4) is 0 Å². The number of carbonyl (C=O) groups is 1. The van der Waals surface area contributed by atoms with Crippen LogP contribution in [0.5, 0.6) is 0 Å². The minimum absolute atomic E-state index is 0. The maximum atomic E-state index is 12.2. The molecule has 1 aliphatic rings. The molecule has 1 aromatic rings. The Bertz CT molecular complexity index is 410. The largest absolute Gasteiger partial charge is 0.338 e. The third kappa shape index (κ3) is 3.59. The first-order valence-electron chi connectivity index (χ1n) is 5.88. The van der Waals surface area contributed by atoms with E-state index < -0.39 is 0 Å². The van der Waals surface area contributed by atoms with Gasteiger partial charge in [0.05, 0.1) is 0 Å². The van der Waals surface area contributed by atoms with E-state index >= 15 is 0 Å². The molecular formula is C13H18ClIN2O. The summed E-state index contributed by atoms with van der Waals surface area (Å²) in [5.74, 6) is 0.511. The van der Waals surface area contributed by atoms with Crippen LogP contribution in [-0.2, 0) is 0 Å². The molecule has 1 saturated heterocycles. The van der Waals surface area contributed by atoms with Crippen molar-refractivity contribution in [3.05, 3.63) is 33.4 Å². The third-order valence-corrected chi connectivity index (χ3v) is 4.07. The predicted octanol–water partition coefficient (Wildman–Crippen LogP) is 2.52. The Morgan fingerprint density at radius 2 is 2.00 bits per heavy atom. The molecule has 2 atom stereocenters. The highest BCUT2D eigenvalue weighted by atomic mass is 127. The molecule has 2 N–H and O–H groups in total. The average molecular weight is 381 g/mol. The quantitative estimate of drug-likeness (QED) is 0.761. The topological polar surface area (TPSA) is 46.3 Å². The summed E-state index contributed by atoms with van der Waals surface area (Å²) in [5, 5.41) is 0. The first-order valence-corrected chi connectivity index (χ1v) is 6.96. The van der Waals surface area contributed by atoms with Crippen molar-refractivity contribution in [3.63, 3.8) is 0 Å². The molecule has 0 spiro atoms. The molecule has 0 aliphatic carbocycles. The van der Waals surface area contributed by atoms with Crippen molar-refractivity contribution in [1.82, 2.24) is 4.90 Å². The Labute approximate surface area is 128 Å². The fourth-order valence-electron chi connectivity index (χ4n) is 2.12. The Balaban J connectivity index is 0.00000162. The number of carbonyl (C=O) groups excluding carboxylic acids is 1. The first kappa shape index (κ1) is 15.7. The normalized spacial score (nSPS) is 23.4. The van der Waals surface area contributed by atoms with Crippen LogP contribution in [0, 0.1) is 9.49 Å². The van der Waals surface area contributed by atoms with Crippen molar-refractivity contribution >= 4 is 40.9 Å². The highest BCUT2D eigenvalue weighted by molar-refractivity contribution is 14.1. The molecule has 0 bridgehead atoms. The maximum absolute atomic E-state index is 12.2. The molecule has 0 saturated carbocycles. The number of amides is 1. The summed E-state index contributed by atoms with van der Waals surface area (Å²) in [6.45, 7) is 3.65. The lowest BCUT2D eigenvalue weighted by Gasteiger charge is -2.35. The van der Waals surface area contributed by atoms with Gasteiger partial charge in [0.25, 0.3) is 5.91 Å². The summed E-state index contributed by atoms with van der Waals surface area (Å²) >= 11 is 2.24. The van der Waals surface area contributed by atoms with Gasteiger partial charge in [-0.05, 0) is 59.2 Å². The highest BCUT2D eigenvalue weighted by Gasteiger charge is 2.26. The van der Waals surface area contributed by atoms with Crippen LogP contribution in [0.25, 0.3) is 0 Å². The van der Waals surface area contributed by atoms with Crippen LogP contribution >= 0.6 is 35.0 Å². The van der Waals surface area contributed by atoms with E-state index in [1.54, 1.807) is 0 Å². The number of nitrogens with zero attached hydrogens (tertiary/aromatic N) is 1. The van der Waals surface area contributed by atoms with Crippen molar-refractivity contribution in [2.75, 3.05) is 13.1 Å². The molecule has 1 aliphatic heterocycles. The summed E-state index contributed by atoms with van der Waals surface area (Å²) in [6, 6.07) is 7.95. The van der Waals surface area contributed by atoms with Crippen LogP contribution in [0.15, 0.2) is 24.3 Å². The van der Waals surface area contributed by atoms with E-state index in [-0.39, 0.29) is 24.4 Å². The minimum atomic E-state index is 0. The number of rotatable bonds is 1. The molecule has 3 nitrogen and oxygen atoms in total. The van der Waals surface area contributed by atoms with Crippen LogP contribution in [0.1, 0.15) is 23.7 Å². The standard InChI is InChI=1S/C13H17IN2O.ClH/c1-9-8-16(7-6-12(9)15)13(17)10-2-4-11(14)5-3-10;/h2-5,9,12H,6-8,15H2,1H3;1H. The van der Waals surface area contributed by atoms with Gasteiger partial charge in [0.15, 0.2) is 0 Å². The number of halogens is 2. The molecule has 2 rings (SSSR count). The van der Waals surface area contributed by atoms with Crippen LogP contribution in [0.2, 0.25) is 0 Å². The monoisotopic (exact) mass is 380 g/mol. The number of piperidine rings is 1. The van der Waals surface area contributed by atoms with E-state index in [2.05, 4.69) is 29.5 Å². The molecule has 1 amide bonds. The highest BCUT2D eigenvalue weighted by Crippen LogP contribution is 2.18. The fraction of sp³-hybridized carbons (Fsp3) is 0.462. The number of likely N-dealkylation sites (tertiary alicyclic amines) is 1. The molecule has 1 fully saturated rings. The van der Waals surface area contributed by atoms with Gasteiger partial charge in [-0.2, -0.15) is 0 Å². The molecule has 1 heterocycles. The van der Waals surface area contributed by atoms with Gasteiger partial charge in [-0.1, -0.05) is 6.92 Å². The van der Waals surface area contributed by atoms with Crippen molar-refractivity contribution in [2.45, 2.75) is 19.4 Å². The lowest BCUT2D eigenvalue weighted by atomic mass is 9.94. The van der Waals surface area contributed by atoms with Gasteiger partial charge in [-0.3, -0.25) is 4.79 Å². The first-order chi connectivity index (χ1) is 8.08. The zero-order chi connectivity index (χ0) is 12.4. The number of hydrogen-bond acceptors (Lipinski definition) is 2. The van der Waals surface area contributed by atoms with Gasteiger partial charge in [0.1, 0.15) is 0 Å². The summed E-state index contributed by atoms with van der Waals surface area (Å²) in [5.41, 5.74) is 6.73. The number of nitrogens with two attached hydrogens (primary N) is 1. The number of benzene rings is 1. The van der Waals surface area contributed by atoms with Gasteiger partial charge in [-0.25, -0.2) is 0 Å². The van der Waals surface area contributed by atoms with E-state index in [4.69, 9.17) is 5.73 Å². The second-order valence-electron chi connectivity index (χ2n) is 4.69. The molecule has 0 radical (unpaired) electrons. The smallest absolute Gasteiger partial charge is 0.253 e. The predicted molar refractivity (Wildman–Crippen MR) is 84.1 cm³/mol. The second kappa shape index (κ2) is 6.73. The van der Waals surface area contributed by atoms with E-state index in [9.17, 15) is 4.79 Å². The van der Waals surface area contributed by atoms with E-state index in [0.717, 1.165) is 28.6 Å². The Morgan fingerprint density at radius 3 is 2.56 bits per heavy atom. The summed E-state index contributed by atoms with van der Waals surface area (Å²) in [7, 11) is 0. The summed E-state index contributed by atoms with van der Waals surface area (Å²) < 4.78 is 1.15. The SMILES string of the molecule is CC1CN(C(=O)c2ccc(I)cc2)CCC1N.Cl. The molecule has 0 aromatic heterocycles. The van der Waals surface area contributed by atoms with E-state index in [1.165, 1.54) is 0 Å². The van der Waals surface area contributed by atoms with Crippen LogP contribution in [0.3, 0.4) is 0 Å². The Morgan fingerprint density at radius 1 is 1.39 bits per heavy atom. The maximum Gasteiger partial charge on any atom is 0.253 e. The average Bonchev–Trinajstić information content (AvgIpc) is 2.33. The molecule has 2 unspecified atom stereocenters. The molecule has 100 valence electrons. The van der Waals surface area contributed by atoms with E-state index in [0.29, 0.717) is 5.92 Å². The zero-order valence-corrected chi connectivity index (χ0v) is 13.3. The zero-order valence-electron chi connectivity index (χ0n) is 10.3. The second-order valence-corrected chi connectivity index (χ2v) is 5.93. The Kier molecular flexibility index (Phi) is 5.88. The fourth-order valence-corrected chi connectivity index (χ4v) is 2.48.